The first kappa shape index (κ1) is 15.8. The van der Waals surface area contributed by atoms with Gasteiger partial charge in [0.05, 0.1) is 12.7 Å². The van der Waals surface area contributed by atoms with Crippen LogP contribution in [0.2, 0.25) is 0 Å². The first-order valence-electron chi connectivity index (χ1n) is 6.22. The van der Waals surface area contributed by atoms with Crippen LogP contribution in [0.1, 0.15) is 30.6 Å². The summed E-state index contributed by atoms with van der Waals surface area (Å²) in [6.45, 7) is 4.20. The minimum Gasteiger partial charge on any atom is -0.504 e. The molecular formula is C14H20BrNO3. The lowest BCUT2D eigenvalue weighted by Crippen LogP contribution is -2.37. The quantitative estimate of drug-likeness (QED) is 0.789. The van der Waals surface area contributed by atoms with Crippen molar-refractivity contribution in [3.63, 3.8) is 0 Å². The molecule has 1 atom stereocenters. The van der Waals surface area contributed by atoms with Crippen molar-refractivity contribution in [2.24, 2.45) is 5.92 Å². The van der Waals surface area contributed by atoms with Gasteiger partial charge in [-0.05, 0) is 24.5 Å². The summed E-state index contributed by atoms with van der Waals surface area (Å²) in [5.74, 6) is 0.371. The predicted molar refractivity (Wildman–Crippen MR) is 79.2 cm³/mol. The number of phenolic OH excluding ortho intramolecular Hbond substituents is 1. The summed E-state index contributed by atoms with van der Waals surface area (Å²) in [6, 6.07) is 4.91. The van der Waals surface area contributed by atoms with Crippen molar-refractivity contribution in [3.8, 4) is 11.5 Å². The number of halogens is 1. The van der Waals surface area contributed by atoms with Crippen LogP contribution in [0.3, 0.4) is 0 Å². The highest BCUT2D eigenvalue weighted by Gasteiger charge is 2.18. The number of hydrogen-bond donors (Lipinski definition) is 2. The third-order valence-electron chi connectivity index (χ3n) is 2.74. The van der Waals surface area contributed by atoms with Crippen molar-refractivity contribution in [2.75, 3.05) is 12.4 Å². The van der Waals surface area contributed by atoms with Crippen LogP contribution >= 0.6 is 15.9 Å². The van der Waals surface area contributed by atoms with Gasteiger partial charge >= 0.3 is 0 Å². The molecule has 106 valence electrons. The van der Waals surface area contributed by atoms with Crippen molar-refractivity contribution in [1.29, 1.82) is 0 Å². The molecule has 1 rings (SSSR count). The summed E-state index contributed by atoms with van der Waals surface area (Å²) >= 11 is 3.39. The normalized spacial score (nSPS) is 12.3. The number of ether oxygens (including phenoxy) is 1. The van der Waals surface area contributed by atoms with E-state index in [-0.39, 0.29) is 23.3 Å². The maximum Gasteiger partial charge on any atom is 0.255 e. The zero-order valence-corrected chi connectivity index (χ0v) is 13.0. The maximum absolute atomic E-state index is 12.1. The molecule has 5 heteroatoms. The van der Waals surface area contributed by atoms with Crippen molar-refractivity contribution >= 4 is 21.8 Å². The number of carbonyl (C=O) groups excluding carboxylic acids is 1. The standard InChI is InChI=1S/C14H20BrNO3/c1-9(2)7-10(8-15)16-14(18)11-5-4-6-12(19-3)13(11)17/h4-6,9-10,17H,7-8H2,1-3H3,(H,16,18). The van der Waals surface area contributed by atoms with Gasteiger partial charge in [0.15, 0.2) is 11.5 Å². The molecule has 1 aromatic carbocycles. The number of carbonyl (C=O) groups is 1. The van der Waals surface area contributed by atoms with E-state index in [1.165, 1.54) is 7.11 Å². The lowest BCUT2D eigenvalue weighted by Gasteiger charge is -2.18. The van der Waals surface area contributed by atoms with Gasteiger partial charge in [0, 0.05) is 11.4 Å². The highest BCUT2D eigenvalue weighted by atomic mass is 79.9. The monoisotopic (exact) mass is 329 g/mol. The van der Waals surface area contributed by atoms with Crippen LogP contribution in [-0.4, -0.2) is 29.5 Å². The van der Waals surface area contributed by atoms with Gasteiger partial charge in [0.25, 0.3) is 5.91 Å². The summed E-state index contributed by atoms with van der Waals surface area (Å²) in [5.41, 5.74) is 0.231. The van der Waals surface area contributed by atoms with Crippen LogP contribution in [0.25, 0.3) is 0 Å². The van der Waals surface area contributed by atoms with Crippen molar-refractivity contribution in [3.05, 3.63) is 23.8 Å². The van der Waals surface area contributed by atoms with Crippen LogP contribution in [-0.2, 0) is 0 Å². The number of benzene rings is 1. The molecule has 0 heterocycles. The van der Waals surface area contributed by atoms with Crippen LogP contribution in [0.5, 0.6) is 11.5 Å². The van der Waals surface area contributed by atoms with Gasteiger partial charge in [0.1, 0.15) is 0 Å². The average Bonchev–Trinajstić information content (AvgIpc) is 2.37. The van der Waals surface area contributed by atoms with Crippen molar-refractivity contribution < 1.29 is 14.6 Å². The van der Waals surface area contributed by atoms with Gasteiger partial charge in [-0.2, -0.15) is 0 Å². The largest absolute Gasteiger partial charge is 0.504 e. The highest BCUT2D eigenvalue weighted by Crippen LogP contribution is 2.29. The van der Waals surface area contributed by atoms with E-state index in [0.717, 1.165) is 6.42 Å². The Kier molecular flexibility index (Phi) is 6.15. The zero-order chi connectivity index (χ0) is 14.4. The molecule has 0 spiro atoms. The summed E-state index contributed by atoms with van der Waals surface area (Å²) in [6.07, 6.45) is 0.877. The highest BCUT2D eigenvalue weighted by molar-refractivity contribution is 9.09. The zero-order valence-electron chi connectivity index (χ0n) is 11.4. The fourth-order valence-corrected chi connectivity index (χ4v) is 2.29. The Morgan fingerprint density at radius 1 is 1.47 bits per heavy atom. The van der Waals surface area contributed by atoms with E-state index in [1.54, 1.807) is 18.2 Å². The second-order valence-electron chi connectivity index (χ2n) is 4.81. The fraction of sp³-hybridized carbons (Fsp3) is 0.500. The van der Waals surface area contributed by atoms with Gasteiger partial charge in [-0.3, -0.25) is 4.79 Å². The molecule has 0 aliphatic heterocycles. The van der Waals surface area contributed by atoms with E-state index >= 15 is 0 Å². The summed E-state index contributed by atoms with van der Waals surface area (Å²) in [5, 5.41) is 13.5. The number of hydrogen-bond acceptors (Lipinski definition) is 3. The Morgan fingerprint density at radius 2 is 2.16 bits per heavy atom. The van der Waals surface area contributed by atoms with E-state index in [1.807, 2.05) is 0 Å². The fourth-order valence-electron chi connectivity index (χ4n) is 1.86. The van der Waals surface area contributed by atoms with E-state index in [9.17, 15) is 9.90 Å². The molecule has 19 heavy (non-hydrogen) atoms. The van der Waals surface area contributed by atoms with Crippen molar-refractivity contribution in [1.82, 2.24) is 5.32 Å². The molecule has 0 saturated carbocycles. The first-order valence-corrected chi connectivity index (χ1v) is 7.34. The molecule has 2 N–H and O–H groups in total. The Hall–Kier alpha value is -1.23. The van der Waals surface area contributed by atoms with Crippen LogP contribution in [0.4, 0.5) is 0 Å². The SMILES string of the molecule is COc1cccc(C(=O)NC(CBr)CC(C)C)c1O. The number of methoxy groups -OCH3 is 1. The Labute approximate surface area is 122 Å². The van der Waals surface area contributed by atoms with E-state index < -0.39 is 0 Å². The summed E-state index contributed by atoms with van der Waals surface area (Å²) in [4.78, 5) is 12.1. The van der Waals surface area contributed by atoms with Crippen LogP contribution < -0.4 is 10.1 Å². The third kappa shape index (κ3) is 4.42. The molecule has 1 aromatic rings. The van der Waals surface area contributed by atoms with Gasteiger partial charge in [0.2, 0.25) is 0 Å². The molecular weight excluding hydrogens is 310 g/mol. The van der Waals surface area contributed by atoms with Gasteiger partial charge in [-0.25, -0.2) is 0 Å². The Balaban J connectivity index is 2.83. The van der Waals surface area contributed by atoms with Crippen LogP contribution in [0.15, 0.2) is 18.2 Å². The molecule has 0 radical (unpaired) electrons. The molecule has 0 aliphatic carbocycles. The third-order valence-corrected chi connectivity index (χ3v) is 3.52. The Bertz CT molecular complexity index is 435. The number of aromatic hydroxyl groups is 1. The van der Waals surface area contributed by atoms with E-state index in [0.29, 0.717) is 17.0 Å². The van der Waals surface area contributed by atoms with Gasteiger partial charge in [-0.1, -0.05) is 35.8 Å². The lowest BCUT2D eigenvalue weighted by molar-refractivity contribution is 0.0934. The maximum atomic E-state index is 12.1. The molecule has 0 aromatic heterocycles. The number of alkyl halides is 1. The van der Waals surface area contributed by atoms with Crippen LogP contribution in [0, 0.1) is 5.92 Å². The number of phenols is 1. The number of para-hydroxylation sites is 1. The number of rotatable bonds is 6. The Morgan fingerprint density at radius 3 is 2.68 bits per heavy atom. The molecule has 0 bridgehead atoms. The number of nitrogens with one attached hydrogen (secondary N) is 1. The van der Waals surface area contributed by atoms with E-state index in [2.05, 4.69) is 35.1 Å². The summed E-state index contributed by atoms with van der Waals surface area (Å²) in [7, 11) is 1.46. The minimum absolute atomic E-state index is 0.0399. The summed E-state index contributed by atoms with van der Waals surface area (Å²) < 4.78 is 4.99. The lowest BCUT2D eigenvalue weighted by atomic mass is 10.0. The molecule has 0 saturated heterocycles. The van der Waals surface area contributed by atoms with Crippen molar-refractivity contribution in [2.45, 2.75) is 26.3 Å². The van der Waals surface area contributed by atoms with Gasteiger partial charge in [-0.15, -0.1) is 0 Å². The predicted octanol–water partition coefficient (Wildman–Crippen LogP) is 2.94. The number of amides is 1. The second kappa shape index (κ2) is 7.38. The van der Waals surface area contributed by atoms with E-state index in [4.69, 9.17) is 4.74 Å². The molecule has 4 nitrogen and oxygen atoms in total. The molecule has 0 aliphatic rings. The topological polar surface area (TPSA) is 58.6 Å². The second-order valence-corrected chi connectivity index (χ2v) is 5.46. The molecule has 0 fully saturated rings. The average molecular weight is 330 g/mol. The first-order chi connectivity index (χ1) is 8.99. The molecule has 1 amide bonds. The smallest absolute Gasteiger partial charge is 0.255 e. The molecule has 1 unspecified atom stereocenters. The minimum atomic E-state index is -0.290. The van der Waals surface area contributed by atoms with Gasteiger partial charge < -0.3 is 15.2 Å².